The van der Waals surface area contributed by atoms with Crippen LogP contribution < -0.4 is 0 Å². The summed E-state index contributed by atoms with van der Waals surface area (Å²) in [7, 11) is 2.03. The van der Waals surface area contributed by atoms with Gasteiger partial charge in [-0.25, -0.2) is 0 Å². The zero-order valence-corrected chi connectivity index (χ0v) is 11.8. The molecule has 0 aromatic rings. The Kier molecular flexibility index (Phi) is 5.42. The zero-order valence-electron chi connectivity index (χ0n) is 11.8. The van der Waals surface area contributed by atoms with Crippen LogP contribution in [0.15, 0.2) is 0 Å². The molecule has 0 aromatic heterocycles. The molecule has 1 fully saturated rings. The van der Waals surface area contributed by atoms with E-state index < -0.39 is 5.60 Å². The Bertz CT molecular complexity index is 225. The minimum Gasteiger partial charge on any atom is -0.393 e. The fourth-order valence-electron chi connectivity index (χ4n) is 3.04. The standard InChI is InChI=1S/C14H29NO2/c1-5-11-6-7-13(16)12(8-11)9-15(4)10-14(2,3)17/h11-13,16-17H,5-10H2,1-4H3. The van der Waals surface area contributed by atoms with E-state index in [-0.39, 0.29) is 6.10 Å². The molecule has 1 aliphatic carbocycles. The van der Waals surface area contributed by atoms with Crippen LogP contribution in [0.5, 0.6) is 0 Å². The number of likely N-dealkylation sites (N-methyl/N-ethyl adjacent to an activating group) is 1. The van der Waals surface area contributed by atoms with Crippen molar-refractivity contribution in [3.63, 3.8) is 0 Å². The van der Waals surface area contributed by atoms with Crippen molar-refractivity contribution in [2.45, 2.75) is 58.2 Å². The summed E-state index contributed by atoms with van der Waals surface area (Å²) in [4.78, 5) is 2.14. The van der Waals surface area contributed by atoms with Crippen molar-refractivity contribution in [2.24, 2.45) is 11.8 Å². The van der Waals surface area contributed by atoms with Gasteiger partial charge < -0.3 is 15.1 Å². The molecule has 1 rings (SSSR count). The van der Waals surface area contributed by atoms with Crippen molar-refractivity contribution < 1.29 is 10.2 Å². The lowest BCUT2D eigenvalue weighted by Crippen LogP contribution is -2.42. The Morgan fingerprint density at radius 2 is 1.94 bits per heavy atom. The largest absolute Gasteiger partial charge is 0.393 e. The first-order valence-electron chi connectivity index (χ1n) is 6.90. The van der Waals surface area contributed by atoms with Gasteiger partial charge >= 0.3 is 0 Å². The third kappa shape index (κ3) is 5.36. The van der Waals surface area contributed by atoms with Crippen molar-refractivity contribution in [3.05, 3.63) is 0 Å². The van der Waals surface area contributed by atoms with Gasteiger partial charge in [-0.2, -0.15) is 0 Å². The summed E-state index contributed by atoms with van der Waals surface area (Å²) in [6.45, 7) is 7.44. The lowest BCUT2D eigenvalue weighted by molar-refractivity contribution is 0.00468. The molecular weight excluding hydrogens is 214 g/mol. The highest BCUT2D eigenvalue weighted by molar-refractivity contribution is 4.82. The predicted molar refractivity (Wildman–Crippen MR) is 70.9 cm³/mol. The normalized spacial score (nSPS) is 30.9. The summed E-state index contributed by atoms with van der Waals surface area (Å²) in [6, 6.07) is 0. The molecule has 0 saturated heterocycles. The molecule has 2 N–H and O–H groups in total. The number of aliphatic hydroxyl groups is 2. The summed E-state index contributed by atoms with van der Waals surface area (Å²) in [5.41, 5.74) is -0.654. The van der Waals surface area contributed by atoms with E-state index in [1.54, 1.807) is 0 Å². The molecule has 0 aromatic carbocycles. The smallest absolute Gasteiger partial charge is 0.0718 e. The van der Waals surface area contributed by atoms with Gasteiger partial charge in [0.2, 0.25) is 0 Å². The number of hydrogen-bond donors (Lipinski definition) is 2. The Morgan fingerprint density at radius 3 is 2.47 bits per heavy atom. The molecule has 0 amide bonds. The van der Waals surface area contributed by atoms with Crippen LogP contribution in [-0.2, 0) is 0 Å². The van der Waals surface area contributed by atoms with Crippen LogP contribution in [0.3, 0.4) is 0 Å². The lowest BCUT2D eigenvalue weighted by atomic mass is 9.78. The summed E-state index contributed by atoms with van der Waals surface area (Å²) < 4.78 is 0. The molecule has 0 spiro atoms. The maximum atomic E-state index is 10.0. The van der Waals surface area contributed by atoms with Crippen LogP contribution in [0, 0.1) is 11.8 Å². The van der Waals surface area contributed by atoms with Gasteiger partial charge in [0.15, 0.2) is 0 Å². The first-order chi connectivity index (χ1) is 7.81. The summed E-state index contributed by atoms with van der Waals surface area (Å²) in [5.74, 6) is 1.15. The monoisotopic (exact) mass is 243 g/mol. The van der Waals surface area contributed by atoms with Gasteiger partial charge in [-0.15, -0.1) is 0 Å². The van der Waals surface area contributed by atoms with E-state index in [1.807, 2.05) is 20.9 Å². The molecular formula is C14H29NO2. The third-order valence-electron chi connectivity index (χ3n) is 3.83. The lowest BCUT2D eigenvalue weighted by Gasteiger charge is -2.36. The Labute approximate surface area is 106 Å². The Morgan fingerprint density at radius 1 is 1.29 bits per heavy atom. The molecule has 102 valence electrons. The second kappa shape index (κ2) is 6.17. The van der Waals surface area contributed by atoms with E-state index >= 15 is 0 Å². The first kappa shape index (κ1) is 14.9. The summed E-state index contributed by atoms with van der Waals surface area (Å²) in [5, 5.41) is 19.8. The van der Waals surface area contributed by atoms with Crippen LogP contribution in [0.25, 0.3) is 0 Å². The summed E-state index contributed by atoms with van der Waals surface area (Å²) >= 11 is 0. The molecule has 3 nitrogen and oxygen atoms in total. The minimum atomic E-state index is -0.654. The van der Waals surface area contributed by atoms with E-state index in [9.17, 15) is 10.2 Å². The summed E-state index contributed by atoms with van der Waals surface area (Å²) in [6.07, 6.45) is 4.32. The van der Waals surface area contributed by atoms with E-state index in [0.29, 0.717) is 12.5 Å². The molecule has 1 aliphatic rings. The van der Waals surface area contributed by atoms with Crippen LogP contribution >= 0.6 is 0 Å². The average Bonchev–Trinajstić information content (AvgIpc) is 2.18. The maximum Gasteiger partial charge on any atom is 0.0718 e. The minimum absolute atomic E-state index is 0.151. The van der Waals surface area contributed by atoms with E-state index in [4.69, 9.17) is 0 Å². The quantitative estimate of drug-likeness (QED) is 0.775. The number of rotatable bonds is 5. The van der Waals surface area contributed by atoms with Crippen LogP contribution in [-0.4, -0.2) is 47.0 Å². The van der Waals surface area contributed by atoms with E-state index in [1.165, 1.54) is 12.8 Å². The SMILES string of the molecule is CCC1CCC(O)C(CN(C)CC(C)(C)O)C1. The van der Waals surface area contributed by atoms with Gasteiger partial charge in [-0.1, -0.05) is 13.3 Å². The number of hydrogen-bond acceptors (Lipinski definition) is 3. The topological polar surface area (TPSA) is 43.7 Å². The van der Waals surface area contributed by atoms with Crippen molar-refractivity contribution in [3.8, 4) is 0 Å². The second-order valence-electron chi connectivity index (χ2n) is 6.42. The molecule has 0 heterocycles. The van der Waals surface area contributed by atoms with Gasteiger partial charge in [0.25, 0.3) is 0 Å². The average molecular weight is 243 g/mol. The van der Waals surface area contributed by atoms with Gasteiger partial charge in [0.05, 0.1) is 11.7 Å². The number of aliphatic hydroxyl groups excluding tert-OH is 1. The Balaban J connectivity index is 2.42. The fourth-order valence-corrected chi connectivity index (χ4v) is 3.04. The molecule has 3 atom stereocenters. The van der Waals surface area contributed by atoms with Gasteiger partial charge in [0, 0.05) is 13.1 Å². The van der Waals surface area contributed by atoms with Crippen molar-refractivity contribution in [1.82, 2.24) is 4.90 Å². The first-order valence-corrected chi connectivity index (χ1v) is 6.90. The van der Waals surface area contributed by atoms with Crippen LogP contribution in [0.2, 0.25) is 0 Å². The molecule has 3 unspecified atom stereocenters. The second-order valence-corrected chi connectivity index (χ2v) is 6.42. The molecule has 1 saturated carbocycles. The van der Waals surface area contributed by atoms with Gasteiger partial charge in [-0.05, 0) is 52.0 Å². The predicted octanol–water partition coefficient (Wildman–Crippen LogP) is 1.88. The fraction of sp³-hybridized carbons (Fsp3) is 1.00. The highest BCUT2D eigenvalue weighted by Crippen LogP contribution is 2.31. The molecule has 0 radical (unpaired) electrons. The van der Waals surface area contributed by atoms with Gasteiger partial charge in [0.1, 0.15) is 0 Å². The van der Waals surface area contributed by atoms with Crippen molar-refractivity contribution in [2.75, 3.05) is 20.1 Å². The van der Waals surface area contributed by atoms with Gasteiger partial charge in [-0.3, -0.25) is 0 Å². The number of nitrogens with zero attached hydrogens (tertiary/aromatic N) is 1. The molecule has 0 bridgehead atoms. The van der Waals surface area contributed by atoms with E-state index in [2.05, 4.69) is 11.8 Å². The third-order valence-corrected chi connectivity index (χ3v) is 3.83. The van der Waals surface area contributed by atoms with Crippen LogP contribution in [0.1, 0.15) is 46.5 Å². The maximum absolute atomic E-state index is 10.0. The highest BCUT2D eigenvalue weighted by atomic mass is 16.3. The van der Waals surface area contributed by atoms with E-state index in [0.717, 1.165) is 25.3 Å². The highest BCUT2D eigenvalue weighted by Gasteiger charge is 2.29. The zero-order chi connectivity index (χ0) is 13.1. The van der Waals surface area contributed by atoms with Crippen molar-refractivity contribution >= 4 is 0 Å². The molecule has 17 heavy (non-hydrogen) atoms. The molecule has 3 heteroatoms. The van der Waals surface area contributed by atoms with Crippen LogP contribution in [0.4, 0.5) is 0 Å². The Hall–Kier alpha value is -0.120. The van der Waals surface area contributed by atoms with Crippen molar-refractivity contribution in [1.29, 1.82) is 0 Å². The molecule has 0 aliphatic heterocycles.